The predicted molar refractivity (Wildman–Crippen MR) is 47.5 cm³/mol. The van der Waals surface area contributed by atoms with E-state index in [-0.39, 0.29) is 12.4 Å². The van der Waals surface area contributed by atoms with Crippen molar-refractivity contribution in [1.82, 2.24) is 9.99 Å². The molecule has 0 atom stereocenters. The minimum atomic E-state index is -4.42. The fourth-order valence-corrected chi connectivity index (χ4v) is 1.17. The first-order valence-electron chi connectivity index (χ1n) is 3.29. The number of hydrogen-bond acceptors (Lipinski definition) is 6. The molecule has 0 bridgehead atoms. The third-order valence-corrected chi connectivity index (χ3v) is 1.77. The molecular formula is C5H13N2O5P. The van der Waals surface area contributed by atoms with Crippen LogP contribution in [0.15, 0.2) is 12.4 Å². The molecule has 0 heterocycles. The maximum absolute atomic E-state index is 10.2. The van der Waals surface area contributed by atoms with Crippen LogP contribution in [0.2, 0.25) is 0 Å². The van der Waals surface area contributed by atoms with Crippen LogP contribution in [0, 0.1) is 0 Å². The van der Waals surface area contributed by atoms with Crippen LogP contribution in [0.25, 0.3) is 0 Å². The number of hydrogen-bond donors (Lipinski definition) is 5. The summed E-state index contributed by atoms with van der Waals surface area (Å²) in [5.74, 6) is -1.16. The predicted octanol–water partition coefficient (Wildman–Crippen LogP) is -1.55. The van der Waals surface area contributed by atoms with Gasteiger partial charge in [-0.3, -0.25) is 0 Å². The van der Waals surface area contributed by atoms with Gasteiger partial charge in [0.15, 0.2) is 0 Å². The van der Waals surface area contributed by atoms with Gasteiger partial charge in [-0.2, -0.15) is 0 Å². The zero-order chi connectivity index (χ0) is 10.6. The number of carboxylic acid groups (broad SMARTS) is 1. The van der Waals surface area contributed by atoms with E-state index in [1.807, 2.05) is 5.09 Å². The van der Waals surface area contributed by atoms with Crippen molar-refractivity contribution >= 4 is 14.1 Å². The number of likely N-dealkylation sites (N-methyl/N-ethyl adjacent to an activating group) is 1. The number of carboxylic acids is 1. The van der Waals surface area contributed by atoms with Gasteiger partial charge in [0.2, 0.25) is 0 Å². The van der Waals surface area contributed by atoms with Crippen molar-refractivity contribution in [2.75, 3.05) is 13.6 Å². The quantitative estimate of drug-likeness (QED) is 0.350. The third kappa shape index (κ3) is 6.30. The Kier molecular flexibility index (Phi) is 4.09. The Balaban J connectivity index is 4.05. The van der Waals surface area contributed by atoms with E-state index in [4.69, 9.17) is 19.8 Å². The number of carbonyl (C=O) groups is 1. The van der Waals surface area contributed by atoms with Crippen molar-refractivity contribution in [3.8, 4) is 0 Å². The van der Waals surface area contributed by atoms with Crippen LogP contribution >= 0.6 is 8.09 Å². The first-order chi connectivity index (χ1) is 5.72. The Morgan fingerprint density at radius 3 is 2.31 bits per heavy atom. The van der Waals surface area contributed by atoms with Crippen LogP contribution in [0.4, 0.5) is 0 Å². The van der Waals surface area contributed by atoms with Crippen LogP contribution < -0.4 is 5.09 Å². The summed E-state index contributed by atoms with van der Waals surface area (Å²) in [6.45, 7) is 2.95. The Morgan fingerprint density at radius 2 is 2.00 bits per heavy atom. The van der Waals surface area contributed by atoms with E-state index >= 15 is 0 Å². The average molecular weight is 212 g/mol. The van der Waals surface area contributed by atoms with Gasteiger partial charge in [0, 0.05) is 0 Å². The molecule has 0 unspecified atom stereocenters. The van der Waals surface area contributed by atoms with Gasteiger partial charge >= 0.3 is 74.6 Å². The van der Waals surface area contributed by atoms with Gasteiger partial charge < -0.3 is 0 Å². The summed E-state index contributed by atoms with van der Waals surface area (Å²) in [7, 11) is -3.04. The van der Waals surface area contributed by atoms with Crippen LogP contribution in [0.3, 0.4) is 0 Å². The molecule has 8 heteroatoms. The van der Waals surface area contributed by atoms with Crippen molar-refractivity contribution in [2.45, 2.75) is 0 Å². The molecule has 0 fully saturated rings. The second-order valence-electron chi connectivity index (χ2n) is 2.46. The third-order valence-electron chi connectivity index (χ3n) is 1.15. The fraction of sp³-hybridized carbons (Fsp3) is 0.400. The van der Waals surface area contributed by atoms with Crippen molar-refractivity contribution in [3.05, 3.63) is 12.4 Å². The summed E-state index contributed by atoms with van der Waals surface area (Å²) < 4.78 is 0. The molecule has 13 heavy (non-hydrogen) atoms. The second kappa shape index (κ2) is 4.38. The van der Waals surface area contributed by atoms with E-state index in [0.29, 0.717) is 0 Å². The van der Waals surface area contributed by atoms with Crippen molar-refractivity contribution < 1.29 is 24.6 Å². The SMILES string of the molecule is C=C(N[PH](O)(O)O)N(C)CC(=O)O. The zero-order valence-corrected chi connectivity index (χ0v) is 8.06. The monoisotopic (exact) mass is 212 g/mol. The molecule has 0 amide bonds. The normalized spacial score (nSPS) is 12.0. The van der Waals surface area contributed by atoms with E-state index in [2.05, 4.69) is 6.58 Å². The molecular weight excluding hydrogens is 199 g/mol. The molecule has 5 N–H and O–H groups in total. The molecule has 0 aromatic rings. The molecule has 7 nitrogen and oxygen atoms in total. The van der Waals surface area contributed by atoms with Gasteiger partial charge in [0.1, 0.15) is 0 Å². The zero-order valence-electron chi connectivity index (χ0n) is 7.06. The van der Waals surface area contributed by atoms with Gasteiger partial charge in [-0.15, -0.1) is 0 Å². The van der Waals surface area contributed by atoms with Crippen LogP contribution in [0.1, 0.15) is 0 Å². The summed E-state index contributed by atoms with van der Waals surface area (Å²) in [4.78, 5) is 37.0. The van der Waals surface area contributed by atoms with E-state index in [1.54, 1.807) is 0 Å². The molecule has 0 aliphatic carbocycles. The Bertz CT molecular complexity index is 213. The number of nitrogens with zero attached hydrogens (tertiary/aromatic N) is 1. The Labute approximate surface area is 75.6 Å². The summed E-state index contributed by atoms with van der Waals surface area (Å²) >= 11 is 0. The van der Waals surface area contributed by atoms with Crippen LogP contribution in [-0.2, 0) is 4.79 Å². The van der Waals surface area contributed by atoms with Gasteiger partial charge in [-0.05, 0) is 0 Å². The second-order valence-corrected chi connectivity index (χ2v) is 3.98. The summed E-state index contributed by atoms with van der Waals surface area (Å²) in [5, 5.41) is 10.2. The first kappa shape index (κ1) is 12.1. The van der Waals surface area contributed by atoms with Gasteiger partial charge in [-0.25, -0.2) is 0 Å². The summed E-state index contributed by atoms with van der Waals surface area (Å²) in [5.41, 5.74) is 0. The molecule has 0 aliphatic heterocycles. The maximum atomic E-state index is 10.2. The van der Waals surface area contributed by atoms with E-state index in [0.717, 1.165) is 4.90 Å². The minimum absolute atomic E-state index is 0.0680. The van der Waals surface area contributed by atoms with E-state index < -0.39 is 14.1 Å². The Hall–Kier alpha value is -0.880. The van der Waals surface area contributed by atoms with E-state index in [1.165, 1.54) is 7.05 Å². The molecule has 0 saturated heterocycles. The number of aliphatic carboxylic acids is 1. The van der Waals surface area contributed by atoms with Gasteiger partial charge in [0.25, 0.3) is 0 Å². The van der Waals surface area contributed by atoms with Gasteiger partial charge in [-0.1, -0.05) is 0 Å². The van der Waals surface area contributed by atoms with Crippen LogP contribution in [0.5, 0.6) is 0 Å². The molecule has 0 aromatic heterocycles. The van der Waals surface area contributed by atoms with Crippen LogP contribution in [-0.4, -0.2) is 44.2 Å². The molecule has 0 rings (SSSR count). The van der Waals surface area contributed by atoms with Crippen molar-refractivity contribution in [1.29, 1.82) is 0 Å². The number of nitrogens with one attached hydrogen (secondary N) is 1. The molecule has 0 spiro atoms. The standard InChI is InChI=1S/C5H13N2O5P/c1-4(6-13(10,11)12)7(2)3-5(8)9/h6,10-13H,1,3H2,2H3,(H,8,9). The molecule has 0 saturated carbocycles. The summed E-state index contributed by atoms with van der Waals surface area (Å²) in [6, 6.07) is 0. The Morgan fingerprint density at radius 1 is 1.54 bits per heavy atom. The molecule has 0 radical (unpaired) electrons. The summed E-state index contributed by atoms with van der Waals surface area (Å²) in [6.07, 6.45) is 0. The molecule has 0 aromatic carbocycles. The fourth-order valence-electron chi connectivity index (χ4n) is 0.587. The topological polar surface area (TPSA) is 113 Å². The first-order valence-corrected chi connectivity index (χ1v) is 5.13. The molecule has 0 aliphatic rings. The molecule has 78 valence electrons. The van der Waals surface area contributed by atoms with E-state index in [9.17, 15) is 4.79 Å². The van der Waals surface area contributed by atoms with Gasteiger partial charge in [0.05, 0.1) is 0 Å². The average Bonchev–Trinajstić information content (AvgIpc) is 1.81. The van der Waals surface area contributed by atoms with Crippen molar-refractivity contribution in [2.24, 2.45) is 0 Å². The number of rotatable bonds is 5. The van der Waals surface area contributed by atoms with Crippen molar-refractivity contribution in [3.63, 3.8) is 0 Å².